The zero-order valence-corrected chi connectivity index (χ0v) is 16.2. The van der Waals surface area contributed by atoms with Crippen molar-refractivity contribution < 1.29 is 18.9 Å². The maximum Gasteiger partial charge on any atom is 0.293 e. The van der Waals surface area contributed by atoms with E-state index in [4.69, 9.17) is 4.42 Å². The minimum Gasteiger partial charge on any atom is -0.449 e. The van der Waals surface area contributed by atoms with Crippen molar-refractivity contribution in [3.63, 3.8) is 0 Å². The number of benzene rings is 2. The first-order valence-electron chi connectivity index (χ1n) is 9.91. The number of carbonyl (C=O) groups excluding carboxylic acids is 2. The summed E-state index contributed by atoms with van der Waals surface area (Å²) in [5.41, 5.74) is 1.15. The minimum absolute atomic E-state index is 0.00119. The summed E-state index contributed by atoms with van der Waals surface area (Å²) in [6.45, 7) is 0. The van der Waals surface area contributed by atoms with Crippen LogP contribution in [0.15, 0.2) is 52.9 Å². The first-order chi connectivity index (χ1) is 14.5. The molecule has 0 unspecified atom stereocenters. The number of non-ortho nitro benzene ring substituents is 1. The van der Waals surface area contributed by atoms with Crippen LogP contribution >= 0.6 is 0 Å². The first-order valence-corrected chi connectivity index (χ1v) is 9.91. The van der Waals surface area contributed by atoms with Crippen molar-refractivity contribution in [2.24, 2.45) is 5.92 Å². The molecule has 2 amide bonds. The normalized spacial score (nSPS) is 14.4. The number of anilines is 2. The monoisotopic (exact) mass is 407 g/mol. The summed E-state index contributed by atoms with van der Waals surface area (Å²) >= 11 is 0. The van der Waals surface area contributed by atoms with Crippen LogP contribution in [-0.4, -0.2) is 16.7 Å². The highest BCUT2D eigenvalue weighted by Crippen LogP contribution is 2.33. The quantitative estimate of drug-likeness (QED) is 0.450. The smallest absolute Gasteiger partial charge is 0.293 e. The highest BCUT2D eigenvalue weighted by Gasteiger charge is 2.26. The highest BCUT2D eigenvalue weighted by atomic mass is 16.6. The van der Waals surface area contributed by atoms with Gasteiger partial charge >= 0.3 is 0 Å². The molecule has 8 heteroatoms. The maximum atomic E-state index is 12.9. The molecular weight excluding hydrogens is 386 g/mol. The van der Waals surface area contributed by atoms with E-state index in [1.165, 1.54) is 24.3 Å². The van der Waals surface area contributed by atoms with Crippen LogP contribution in [0.5, 0.6) is 0 Å². The van der Waals surface area contributed by atoms with Gasteiger partial charge in [0.25, 0.3) is 11.6 Å². The molecule has 2 aromatic carbocycles. The van der Waals surface area contributed by atoms with Gasteiger partial charge in [-0.3, -0.25) is 19.7 Å². The van der Waals surface area contributed by atoms with Crippen molar-refractivity contribution in [2.75, 3.05) is 10.6 Å². The fraction of sp³-hybridized carbons (Fsp3) is 0.273. The van der Waals surface area contributed by atoms with Crippen LogP contribution in [0, 0.1) is 16.0 Å². The Kier molecular flexibility index (Phi) is 5.47. The van der Waals surface area contributed by atoms with E-state index < -0.39 is 10.8 Å². The summed E-state index contributed by atoms with van der Waals surface area (Å²) < 4.78 is 5.75. The summed E-state index contributed by atoms with van der Waals surface area (Å²) in [5, 5.41) is 17.0. The Hall–Kier alpha value is -3.68. The van der Waals surface area contributed by atoms with Crippen molar-refractivity contribution in [3.8, 4) is 0 Å². The minimum atomic E-state index is -0.543. The molecule has 1 aliphatic carbocycles. The summed E-state index contributed by atoms with van der Waals surface area (Å²) in [6.07, 6.45) is 4.87. The number of fused-ring (bicyclic) bond motifs is 1. The number of rotatable bonds is 5. The Morgan fingerprint density at radius 3 is 2.37 bits per heavy atom. The van der Waals surface area contributed by atoms with E-state index in [9.17, 15) is 19.7 Å². The predicted molar refractivity (Wildman–Crippen MR) is 112 cm³/mol. The second-order valence-corrected chi connectivity index (χ2v) is 7.38. The maximum absolute atomic E-state index is 12.9. The highest BCUT2D eigenvalue weighted by molar-refractivity contribution is 6.14. The summed E-state index contributed by atoms with van der Waals surface area (Å²) in [5.74, 6) is -0.721. The lowest BCUT2D eigenvalue weighted by Crippen LogP contribution is -2.25. The van der Waals surface area contributed by atoms with Crippen molar-refractivity contribution in [3.05, 3.63) is 64.4 Å². The van der Waals surface area contributed by atoms with E-state index in [0.29, 0.717) is 22.3 Å². The van der Waals surface area contributed by atoms with Crippen molar-refractivity contribution in [1.82, 2.24) is 0 Å². The molecule has 0 bridgehead atoms. The molecule has 2 N–H and O–H groups in total. The summed E-state index contributed by atoms with van der Waals surface area (Å²) in [4.78, 5) is 36.0. The Morgan fingerprint density at radius 1 is 0.967 bits per heavy atom. The molecule has 8 nitrogen and oxygen atoms in total. The Bertz CT molecular complexity index is 1100. The predicted octanol–water partition coefficient (Wildman–Crippen LogP) is 5.11. The lowest BCUT2D eigenvalue weighted by atomic mass is 9.88. The molecule has 30 heavy (non-hydrogen) atoms. The number of nitrogens with one attached hydrogen (secondary N) is 2. The van der Waals surface area contributed by atoms with Crippen LogP contribution in [0.25, 0.3) is 11.0 Å². The van der Waals surface area contributed by atoms with Gasteiger partial charge in [-0.05, 0) is 37.1 Å². The number of amides is 2. The van der Waals surface area contributed by atoms with E-state index in [2.05, 4.69) is 10.6 Å². The lowest BCUT2D eigenvalue weighted by Gasteiger charge is -2.20. The van der Waals surface area contributed by atoms with Crippen LogP contribution in [0.1, 0.15) is 42.7 Å². The molecule has 0 spiro atoms. The first kappa shape index (κ1) is 19.6. The molecule has 1 aliphatic rings. The molecule has 0 aliphatic heterocycles. The van der Waals surface area contributed by atoms with Crippen LogP contribution in [0.4, 0.5) is 17.1 Å². The Morgan fingerprint density at radius 2 is 1.67 bits per heavy atom. The van der Waals surface area contributed by atoms with Gasteiger partial charge in [-0.2, -0.15) is 0 Å². The third kappa shape index (κ3) is 4.03. The van der Waals surface area contributed by atoms with E-state index in [1.54, 1.807) is 18.2 Å². The number of nitro groups is 1. The van der Waals surface area contributed by atoms with Gasteiger partial charge in [0.15, 0.2) is 0 Å². The molecule has 4 rings (SSSR count). The largest absolute Gasteiger partial charge is 0.449 e. The van der Waals surface area contributed by atoms with Gasteiger partial charge in [-0.25, -0.2) is 0 Å². The number of hydrogen-bond donors (Lipinski definition) is 2. The van der Waals surface area contributed by atoms with Crippen LogP contribution in [0.2, 0.25) is 0 Å². The van der Waals surface area contributed by atoms with Gasteiger partial charge in [0.1, 0.15) is 11.3 Å². The van der Waals surface area contributed by atoms with E-state index >= 15 is 0 Å². The molecule has 1 heterocycles. The topological polar surface area (TPSA) is 114 Å². The number of nitrogens with zero attached hydrogens (tertiary/aromatic N) is 1. The van der Waals surface area contributed by atoms with Gasteiger partial charge < -0.3 is 15.1 Å². The van der Waals surface area contributed by atoms with Gasteiger partial charge in [0.2, 0.25) is 11.7 Å². The molecular formula is C22H21N3O5. The van der Waals surface area contributed by atoms with Crippen molar-refractivity contribution >= 4 is 39.8 Å². The molecule has 1 saturated carbocycles. The number of furan rings is 1. The van der Waals surface area contributed by atoms with Gasteiger partial charge in [-0.15, -0.1) is 0 Å². The molecule has 0 atom stereocenters. The van der Waals surface area contributed by atoms with Crippen LogP contribution in [-0.2, 0) is 4.79 Å². The average molecular weight is 407 g/mol. The fourth-order valence-corrected chi connectivity index (χ4v) is 3.77. The van der Waals surface area contributed by atoms with Crippen LogP contribution < -0.4 is 10.6 Å². The van der Waals surface area contributed by atoms with Crippen LogP contribution in [0.3, 0.4) is 0 Å². The lowest BCUT2D eigenvalue weighted by molar-refractivity contribution is -0.384. The number of nitro benzene ring substituents is 1. The SMILES string of the molecule is O=C(Nc1ccc([N+](=O)[O-])cc1)c1oc2ccccc2c1NC(=O)C1CCCCC1. The van der Waals surface area contributed by atoms with Crippen molar-refractivity contribution in [2.45, 2.75) is 32.1 Å². The standard InChI is InChI=1S/C22H21N3O5/c26-21(14-6-2-1-3-7-14)24-19-17-8-4-5-9-18(17)30-20(19)22(27)23-15-10-12-16(13-11-15)25(28)29/h4-5,8-14H,1-3,6-7H2,(H,23,27)(H,24,26). The Labute approximate surface area is 172 Å². The zero-order chi connectivity index (χ0) is 21.1. The number of hydrogen-bond acceptors (Lipinski definition) is 5. The second kappa shape index (κ2) is 8.36. The molecule has 1 fully saturated rings. The van der Waals surface area contributed by atoms with E-state index in [-0.39, 0.29) is 23.3 Å². The molecule has 1 aromatic heterocycles. The molecule has 154 valence electrons. The number of para-hydroxylation sites is 1. The Balaban J connectivity index is 1.61. The van der Waals surface area contributed by atoms with Gasteiger partial charge in [0.05, 0.1) is 4.92 Å². The van der Waals surface area contributed by atoms with Gasteiger partial charge in [0, 0.05) is 29.1 Å². The van der Waals surface area contributed by atoms with E-state index in [1.807, 2.05) is 6.07 Å². The third-order valence-electron chi connectivity index (χ3n) is 5.36. The fourth-order valence-electron chi connectivity index (χ4n) is 3.77. The third-order valence-corrected chi connectivity index (χ3v) is 5.36. The second-order valence-electron chi connectivity index (χ2n) is 7.38. The molecule has 0 radical (unpaired) electrons. The number of carbonyl (C=O) groups is 2. The summed E-state index contributed by atoms with van der Waals surface area (Å²) in [6, 6.07) is 12.6. The van der Waals surface area contributed by atoms with Gasteiger partial charge in [-0.1, -0.05) is 31.4 Å². The zero-order valence-electron chi connectivity index (χ0n) is 16.2. The molecule has 0 saturated heterocycles. The van der Waals surface area contributed by atoms with Crippen molar-refractivity contribution in [1.29, 1.82) is 0 Å². The average Bonchev–Trinajstić information content (AvgIpc) is 3.13. The molecule has 3 aromatic rings. The van der Waals surface area contributed by atoms with E-state index in [0.717, 1.165) is 32.1 Å². The summed E-state index contributed by atoms with van der Waals surface area (Å²) in [7, 11) is 0.